The number of carbonyl (C=O) groups is 2. The molecule has 1 rings (SSSR count). The molecule has 0 saturated carbocycles. The highest BCUT2D eigenvalue weighted by Crippen LogP contribution is 2.34. The van der Waals surface area contributed by atoms with E-state index in [1.165, 1.54) is 12.1 Å². The van der Waals surface area contributed by atoms with Crippen molar-refractivity contribution < 1.29 is 22.8 Å². The minimum absolute atomic E-state index is 0.501. The third-order valence-corrected chi connectivity index (χ3v) is 1.70. The maximum atomic E-state index is 12.4. The van der Waals surface area contributed by atoms with Crippen LogP contribution < -0.4 is 11.1 Å². The molecule has 0 radical (unpaired) electrons. The molecule has 0 heterocycles. The molecule has 0 unspecified atom stereocenters. The van der Waals surface area contributed by atoms with Gasteiger partial charge in [-0.05, 0) is 12.1 Å². The minimum Gasteiger partial charge on any atom is -0.361 e. The monoisotopic (exact) mass is 232 g/mol. The van der Waals surface area contributed by atoms with Gasteiger partial charge in [-0.25, -0.2) is 0 Å². The maximum absolute atomic E-state index is 12.4. The number of hydrogen-bond acceptors (Lipinski definition) is 2. The van der Waals surface area contributed by atoms with Crippen LogP contribution in [0.3, 0.4) is 0 Å². The molecule has 0 saturated heterocycles. The lowest BCUT2D eigenvalue weighted by Crippen LogP contribution is -2.30. The Morgan fingerprint density at radius 1 is 1.19 bits per heavy atom. The number of carbonyl (C=O) groups excluding carboxylic acids is 2. The first-order chi connectivity index (χ1) is 7.32. The summed E-state index contributed by atoms with van der Waals surface area (Å²) in [5.74, 6) is -2.64. The first-order valence-corrected chi connectivity index (χ1v) is 4.09. The van der Waals surface area contributed by atoms with Crippen molar-refractivity contribution in [2.24, 2.45) is 5.73 Å². The van der Waals surface area contributed by atoms with E-state index in [2.05, 4.69) is 5.73 Å². The number of alkyl halides is 3. The number of amides is 2. The summed E-state index contributed by atoms with van der Waals surface area (Å²) in [4.78, 5) is 21.2. The SMILES string of the molecule is NC(=O)C(=O)Nc1ccccc1C(F)(F)F. The van der Waals surface area contributed by atoms with Crippen molar-refractivity contribution in [2.75, 3.05) is 5.32 Å². The van der Waals surface area contributed by atoms with Gasteiger partial charge in [0, 0.05) is 0 Å². The Morgan fingerprint density at radius 3 is 2.25 bits per heavy atom. The van der Waals surface area contributed by atoms with Gasteiger partial charge in [-0.2, -0.15) is 13.2 Å². The summed E-state index contributed by atoms with van der Waals surface area (Å²) in [5.41, 5.74) is 3.07. The first-order valence-electron chi connectivity index (χ1n) is 4.09. The lowest BCUT2D eigenvalue weighted by Gasteiger charge is -2.12. The number of hydrogen-bond donors (Lipinski definition) is 2. The summed E-state index contributed by atoms with van der Waals surface area (Å²) >= 11 is 0. The first kappa shape index (κ1) is 12.0. The molecule has 0 spiro atoms. The number of primary amides is 1. The van der Waals surface area contributed by atoms with Crippen molar-refractivity contribution in [3.8, 4) is 0 Å². The summed E-state index contributed by atoms with van der Waals surface area (Å²) in [6, 6.07) is 4.29. The standard InChI is InChI=1S/C9H7F3N2O2/c10-9(11,12)5-3-1-2-4-6(5)14-8(16)7(13)15/h1-4H,(H2,13,15)(H,14,16). The van der Waals surface area contributed by atoms with Crippen LogP contribution in [0.2, 0.25) is 0 Å². The number of nitrogens with one attached hydrogen (secondary N) is 1. The van der Waals surface area contributed by atoms with E-state index < -0.39 is 29.2 Å². The van der Waals surface area contributed by atoms with E-state index in [-0.39, 0.29) is 0 Å². The van der Waals surface area contributed by atoms with Crippen LogP contribution >= 0.6 is 0 Å². The highest BCUT2D eigenvalue weighted by molar-refractivity contribution is 6.39. The van der Waals surface area contributed by atoms with Gasteiger partial charge in [0.15, 0.2) is 0 Å². The smallest absolute Gasteiger partial charge is 0.361 e. The normalized spacial score (nSPS) is 10.9. The summed E-state index contributed by atoms with van der Waals surface area (Å²) in [7, 11) is 0. The second-order valence-corrected chi connectivity index (χ2v) is 2.86. The zero-order valence-electron chi connectivity index (χ0n) is 7.84. The van der Waals surface area contributed by atoms with Crippen molar-refractivity contribution in [3.63, 3.8) is 0 Å². The molecule has 0 fully saturated rings. The van der Waals surface area contributed by atoms with Crippen LogP contribution in [-0.4, -0.2) is 11.8 Å². The molecule has 1 aromatic carbocycles. The molecule has 0 aromatic heterocycles. The Kier molecular flexibility index (Phi) is 3.17. The summed E-state index contributed by atoms with van der Waals surface area (Å²) < 4.78 is 37.3. The fraction of sp³-hybridized carbons (Fsp3) is 0.111. The average Bonchev–Trinajstić information content (AvgIpc) is 2.16. The average molecular weight is 232 g/mol. The molecule has 3 N–H and O–H groups in total. The molecule has 1 aromatic rings. The van der Waals surface area contributed by atoms with E-state index in [9.17, 15) is 22.8 Å². The molecule has 16 heavy (non-hydrogen) atoms. The molecule has 4 nitrogen and oxygen atoms in total. The van der Waals surface area contributed by atoms with Crippen LogP contribution in [0, 0.1) is 0 Å². The van der Waals surface area contributed by atoms with Crippen LogP contribution in [0.15, 0.2) is 24.3 Å². The van der Waals surface area contributed by atoms with E-state index in [4.69, 9.17) is 0 Å². The van der Waals surface area contributed by atoms with Crippen LogP contribution in [0.1, 0.15) is 5.56 Å². The molecule has 7 heteroatoms. The van der Waals surface area contributed by atoms with Crippen molar-refractivity contribution >= 4 is 17.5 Å². The molecule has 0 aliphatic carbocycles. The van der Waals surface area contributed by atoms with Gasteiger partial charge < -0.3 is 11.1 Å². The van der Waals surface area contributed by atoms with Crippen molar-refractivity contribution in [2.45, 2.75) is 6.18 Å². The Hall–Kier alpha value is -2.05. The summed E-state index contributed by atoms with van der Waals surface area (Å²) in [6.07, 6.45) is -4.61. The predicted molar refractivity (Wildman–Crippen MR) is 49.3 cm³/mol. The Morgan fingerprint density at radius 2 is 1.75 bits per heavy atom. The van der Waals surface area contributed by atoms with Gasteiger partial charge in [-0.3, -0.25) is 9.59 Å². The Bertz CT molecular complexity index is 429. The molecule has 86 valence electrons. The van der Waals surface area contributed by atoms with Gasteiger partial charge in [-0.1, -0.05) is 12.1 Å². The van der Waals surface area contributed by atoms with Crippen LogP contribution in [-0.2, 0) is 15.8 Å². The lowest BCUT2D eigenvalue weighted by molar-refractivity contribution is -0.137. The van der Waals surface area contributed by atoms with Crippen molar-refractivity contribution in [1.82, 2.24) is 0 Å². The van der Waals surface area contributed by atoms with Gasteiger partial charge in [0.1, 0.15) is 0 Å². The lowest BCUT2D eigenvalue weighted by atomic mass is 10.1. The number of para-hydroxylation sites is 1. The van der Waals surface area contributed by atoms with E-state index in [0.717, 1.165) is 12.1 Å². The molecule has 0 aliphatic rings. The molecule has 0 aliphatic heterocycles. The second-order valence-electron chi connectivity index (χ2n) is 2.86. The van der Waals surface area contributed by atoms with Crippen molar-refractivity contribution in [3.05, 3.63) is 29.8 Å². The molecular formula is C9H7F3N2O2. The number of anilines is 1. The highest BCUT2D eigenvalue weighted by atomic mass is 19.4. The van der Waals surface area contributed by atoms with E-state index >= 15 is 0 Å². The number of rotatable bonds is 1. The maximum Gasteiger partial charge on any atom is 0.418 e. The quantitative estimate of drug-likeness (QED) is 0.712. The molecule has 0 bridgehead atoms. The number of halogens is 3. The van der Waals surface area contributed by atoms with Crippen molar-refractivity contribution in [1.29, 1.82) is 0 Å². The fourth-order valence-electron chi connectivity index (χ4n) is 1.02. The van der Waals surface area contributed by atoms with E-state index in [1.54, 1.807) is 5.32 Å². The van der Waals surface area contributed by atoms with Gasteiger partial charge in [-0.15, -0.1) is 0 Å². The number of benzene rings is 1. The van der Waals surface area contributed by atoms with Crippen LogP contribution in [0.25, 0.3) is 0 Å². The van der Waals surface area contributed by atoms with Gasteiger partial charge in [0.05, 0.1) is 11.3 Å². The van der Waals surface area contributed by atoms with E-state index in [1.807, 2.05) is 0 Å². The summed E-state index contributed by atoms with van der Waals surface area (Å²) in [5, 5.41) is 1.78. The zero-order valence-corrected chi connectivity index (χ0v) is 7.84. The van der Waals surface area contributed by atoms with Crippen LogP contribution in [0.4, 0.5) is 18.9 Å². The van der Waals surface area contributed by atoms with Gasteiger partial charge >= 0.3 is 18.0 Å². The topological polar surface area (TPSA) is 72.2 Å². The summed E-state index contributed by atoms with van der Waals surface area (Å²) in [6.45, 7) is 0. The van der Waals surface area contributed by atoms with Gasteiger partial charge in [0.25, 0.3) is 0 Å². The van der Waals surface area contributed by atoms with Gasteiger partial charge in [0.2, 0.25) is 0 Å². The Labute approximate surface area is 88.2 Å². The highest BCUT2D eigenvalue weighted by Gasteiger charge is 2.33. The van der Waals surface area contributed by atoms with Crippen LogP contribution in [0.5, 0.6) is 0 Å². The largest absolute Gasteiger partial charge is 0.418 e. The minimum atomic E-state index is -4.61. The second kappa shape index (κ2) is 4.21. The predicted octanol–water partition coefficient (Wildman–Crippen LogP) is 1.13. The van der Waals surface area contributed by atoms with E-state index in [0.29, 0.717) is 0 Å². The zero-order chi connectivity index (χ0) is 12.3. The Balaban J connectivity index is 3.05. The molecular weight excluding hydrogens is 225 g/mol. The molecule has 0 atom stereocenters. The third-order valence-electron chi connectivity index (χ3n) is 1.70. The fourth-order valence-corrected chi connectivity index (χ4v) is 1.02. The molecule has 2 amide bonds. The third kappa shape index (κ3) is 2.72. The number of nitrogens with two attached hydrogens (primary N) is 1.